The molecule has 0 bridgehead atoms. The number of carbonyl (C=O) groups excluding carboxylic acids is 1. The van der Waals surface area contributed by atoms with Crippen molar-refractivity contribution in [2.75, 3.05) is 0 Å². The number of hydrogen-bond donors (Lipinski definition) is 1. The number of para-hydroxylation sites is 1. The maximum atomic E-state index is 12.7. The molecule has 0 unspecified atom stereocenters. The molecule has 1 aromatic heterocycles. The van der Waals surface area contributed by atoms with Crippen LogP contribution in [0, 0.1) is 0 Å². The van der Waals surface area contributed by atoms with Gasteiger partial charge in [-0.1, -0.05) is 54.9 Å². The van der Waals surface area contributed by atoms with Crippen LogP contribution in [0.5, 0.6) is 0 Å². The third-order valence-corrected chi connectivity index (χ3v) is 4.95. The minimum absolute atomic E-state index is 0.0886. The summed E-state index contributed by atoms with van der Waals surface area (Å²) in [5.74, 6) is -0.0886. The minimum atomic E-state index is -0.419. The number of nitrogens with one attached hydrogen (secondary N) is 1. The maximum absolute atomic E-state index is 12.7. The number of carbonyl (C=O) groups is 1. The van der Waals surface area contributed by atoms with E-state index in [-0.39, 0.29) is 12.5 Å². The zero-order valence-electron chi connectivity index (χ0n) is 14.4. The Kier molecular flexibility index (Phi) is 5.04. The zero-order chi connectivity index (χ0) is 17.9. The zero-order valence-corrected chi connectivity index (χ0v) is 15.1. The van der Waals surface area contributed by atoms with Gasteiger partial charge in [0.15, 0.2) is 0 Å². The molecule has 5 nitrogen and oxygen atoms in total. The molecule has 1 amide bonds. The van der Waals surface area contributed by atoms with Gasteiger partial charge >= 0.3 is 0 Å². The van der Waals surface area contributed by atoms with Crippen LogP contribution in [-0.2, 0) is 16.9 Å². The summed E-state index contributed by atoms with van der Waals surface area (Å²) in [5, 5.41) is 12.1. The van der Waals surface area contributed by atoms with Crippen molar-refractivity contribution in [1.82, 2.24) is 20.3 Å². The van der Waals surface area contributed by atoms with E-state index in [0.717, 1.165) is 29.4 Å². The van der Waals surface area contributed by atoms with Crippen molar-refractivity contribution in [2.45, 2.75) is 38.8 Å². The normalized spacial score (nSPS) is 11.6. The number of aromatic nitrogens is 3. The van der Waals surface area contributed by atoms with Gasteiger partial charge in [-0.2, -0.15) is 0 Å². The first-order valence-electron chi connectivity index (χ1n) is 8.43. The summed E-state index contributed by atoms with van der Waals surface area (Å²) in [6.45, 7) is 4.28. The Bertz CT molecular complexity index is 869. The van der Waals surface area contributed by atoms with Crippen LogP contribution in [0.4, 0.5) is 0 Å². The Labute approximate surface area is 152 Å². The number of hydrogen-bond acceptors (Lipinski definition) is 3. The first-order valence-corrected chi connectivity index (χ1v) is 8.81. The highest BCUT2D eigenvalue weighted by Crippen LogP contribution is 2.29. The fraction of sp³-hybridized carbons (Fsp3) is 0.316. The van der Waals surface area contributed by atoms with Gasteiger partial charge in [0.05, 0.1) is 11.1 Å². The summed E-state index contributed by atoms with van der Waals surface area (Å²) in [6.07, 6.45) is 1.57. The molecule has 0 aliphatic rings. The molecule has 1 heterocycles. The molecule has 6 heteroatoms. The summed E-state index contributed by atoms with van der Waals surface area (Å²) in [7, 11) is 0. The Morgan fingerprint density at radius 3 is 2.48 bits per heavy atom. The number of benzene rings is 2. The molecule has 0 fully saturated rings. The summed E-state index contributed by atoms with van der Waals surface area (Å²) in [6, 6.07) is 15.3. The van der Waals surface area contributed by atoms with Gasteiger partial charge in [-0.3, -0.25) is 4.79 Å². The van der Waals surface area contributed by atoms with E-state index in [0.29, 0.717) is 5.02 Å². The molecule has 3 rings (SSSR count). The molecule has 0 spiro atoms. The number of fused-ring (bicyclic) bond motifs is 1. The maximum Gasteiger partial charge on any atom is 0.242 e. The van der Waals surface area contributed by atoms with Crippen molar-refractivity contribution in [3.63, 3.8) is 0 Å². The quantitative estimate of drug-likeness (QED) is 0.728. The Morgan fingerprint density at radius 1 is 1.12 bits per heavy atom. The van der Waals surface area contributed by atoms with E-state index in [1.54, 1.807) is 4.68 Å². The molecular weight excluding hydrogens is 336 g/mol. The van der Waals surface area contributed by atoms with Crippen LogP contribution in [0.2, 0.25) is 5.02 Å². The van der Waals surface area contributed by atoms with Crippen LogP contribution in [0.15, 0.2) is 48.5 Å². The van der Waals surface area contributed by atoms with Crippen molar-refractivity contribution in [1.29, 1.82) is 0 Å². The Balaban J connectivity index is 1.82. The van der Waals surface area contributed by atoms with Gasteiger partial charge in [0.1, 0.15) is 12.1 Å². The summed E-state index contributed by atoms with van der Waals surface area (Å²) in [4.78, 5) is 12.7. The topological polar surface area (TPSA) is 59.8 Å². The SMILES string of the molecule is CCC(CC)(NC(=O)Cn1nnc2ccccc21)c1ccc(Cl)cc1. The third kappa shape index (κ3) is 3.51. The molecule has 3 aromatic rings. The minimum Gasteiger partial charge on any atom is -0.345 e. The second-order valence-corrected chi connectivity index (χ2v) is 6.52. The molecule has 0 aliphatic carbocycles. The van der Waals surface area contributed by atoms with E-state index in [1.165, 1.54) is 0 Å². The summed E-state index contributed by atoms with van der Waals surface area (Å²) >= 11 is 6.00. The predicted molar refractivity (Wildman–Crippen MR) is 99.4 cm³/mol. The largest absolute Gasteiger partial charge is 0.345 e. The lowest BCUT2D eigenvalue weighted by Crippen LogP contribution is -2.46. The van der Waals surface area contributed by atoms with Crippen molar-refractivity contribution >= 4 is 28.5 Å². The fourth-order valence-electron chi connectivity index (χ4n) is 3.15. The molecule has 0 aliphatic heterocycles. The van der Waals surface area contributed by atoms with Crippen LogP contribution in [0.3, 0.4) is 0 Å². The smallest absolute Gasteiger partial charge is 0.242 e. The highest BCUT2D eigenvalue weighted by atomic mass is 35.5. The van der Waals surface area contributed by atoms with Gasteiger partial charge < -0.3 is 5.32 Å². The van der Waals surface area contributed by atoms with Gasteiger partial charge in [-0.25, -0.2) is 4.68 Å². The van der Waals surface area contributed by atoms with Crippen molar-refractivity contribution < 1.29 is 4.79 Å². The van der Waals surface area contributed by atoms with E-state index < -0.39 is 5.54 Å². The molecule has 0 radical (unpaired) electrons. The summed E-state index contributed by atoms with van der Waals surface area (Å²) < 4.78 is 1.63. The average molecular weight is 357 g/mol. The monoisotopic (exact) mass is 356 g/mol. The molecular formula is C19H21ClN4O. The van der Waals surface area contributed by atoms with Crippen LogP contribution in [-0.4, -0.2) is 20.9 Å². The Hall–Kier alpha value is -2.40. The van der Waals surface area contributed by atoms with Crippen molar-refractivity contribution in [3.8, 4) is 0 Å². The number of nitrogens with zero attached hydrogens (tertiary/aromatic N) is 3. The van der Waals surface area contributed by atoms with Gasteiger partial charge in [0.2, 0.25) is 5.91 Å². The van der Waals surface area contributed by atoms with Crippen molar-refractivity contribution in [2.24, 2.45) is 0 Å². The molecule has 2 aromatic carbocycles. The standard InChI is InChI=1S/C19H21ClN4O/c1-3-19(4-2,14-9-11-15(20)12-10-14)21-18(25)13-24-17-8-6-5-7-16(17)22-23-24/h5-12H,3-4,13H2,1-2H3,(H,21,25). The first kappa shape index (κ1) is 17.4. The molecule has 1 N–H and O–H groups in total. The van der Waals surface area contributed by atoms with E-state index in [2.05, 4.69) is 29.5 Å². The molecule has 130 valence electrons. The van der Waals surface area contributed by atoms with Crippen LogP contribution in [0.25, 0.3) is 11.0 Å². The number of amides is 1. The van der Waals surface area contributed by atoms with Crippen LogP contribution >= 0.6 is 11.6 Å². The lowest BCUT2D eigenvalue weighted by atomic mass is 9.84. The third-order valence-electron chi connectivity index (χ3n) is 4.70. The van der Waals surface area contributed by atoms with E-state index in [9.17, 15) is 4.79 Å². The predicted octanol–water partition coefficient (Wildman–Crippen LogP) is 3.92. The lowest BCUT2D eigenvalue weighted by Gasteiger charge is -2.33. The second kappa shape index (κ2) is 7.23. The number of halogens is 1. The van der Waals surface area contributed by atoms with E-state index in [4.69, 9.17) is 11.6 Å². The highest BCUT2D eigenvalue weighted by Gasteiger charge is 2.30. The highest BCUT2D eigenvalue weighted by molar-refractivity contribution is 6.30. The Morgan fingerprint density at radius 2 is 1.80 bits per heavy atom. The fourth-order valence-corrected chi connectivity index (χ4v) is 3.28. The number of rotatable bonds is 6. The molecule has 25 heavy (non-hydrogen) atoms. The summed E-state index contributed by atoms with van der Waals surface area (Å²) in [5.41, 5.74) is 2.27. The van der Waals surface area contributed by atoms with Crippen LogP contribution in [0.1, 0.15) is 32.3 Å². The van der Waals surface area contributed by atoms with Crippen molar-refractivity contribution in [3.05, 3.63) is 59.1 Å². The first-order chi connectivity index (χ1) is 12.1. The molecule has 0 atom stereocenters. The lowest BCUT2D eigenvalue weighted by molar-refractivity contribution is -0.124. The molecule has 0 saturated carbocycles. The second-order valence-electron chi connectivity index (χ2n) is 6.08. The van der Waals surface area contributed by atoms with E-state index in [1.807, 2.05) is 48.5 Å². The van der Waals surface area contributed by atoms with Gasteiger partial charge in [-0.05, 0) is 42.7 Å². The van der Waals surface area contributed by atoms with Gasteiger partial charge in [0.25, 0.3) is 0 Å². The van der Waals surface area contributed by atoms with Crippen LogP contribution < -0.4 is 5.32 Å². The average Bonchev–Trinajstić information content (AvgIpc) is 3.03. The van der Waals surface area contributed by atoms with Gasteiger partial charge in [0, 0.05) is 5.02 Å². The molecule has 0 saturated heterocycles. The van der Waals surface area contributed by atoms with E-state index >= 15 is 0 Å². The van der Waals surface area contributed by atoms with Gasteiger partial charge in [-0.15, -0.1) is 5.10 Å².